The molecule has 1 atom stereocenters. The van der Waals surface area contributed by atoms with E-state index in [0.29, 0.717) is 11.8 Å². The molecule has 0 spiro atoms. The van der Waals surface area contributed by atoms with Gasteiger partial charge in [-0.2, -0.15) is 5.10 Å². The molecule has 0 saturated carbocycles. The van der Waals surface area contributed by atoms with Crippen molar-refractivity contribution in [2.75, 3.05) is 5.73 Å². The lowest BCUT2D eigenvalue weighted by Crippen LogP contribution is -2.13. The SMILES string of the molecule is Nc1nc2c(F)cc(F)cc2cc1OC(O)c1cc(C(=O)O)ccc1-n1cccn1. The van der Waals surface area contributed by atoms with Crippen LogP contribution in [-0.4, -0.2) is 30.9 Å². The molecule has 0 saturated heterocycles. The number of carbonyl (C=O) groups is 1. The summed E-state index contributed by atoms with van der Waals surface area (Å²) < 4.78 is 34.3. The average molecular weight is 412 g/mol. The molecule has 0 amide bonds. The van der Waals surface area contributed by atoms with Gasteiger partial charge in [0.15, 0.2) is 17.4 Å². The van der Waals surface area contributed by atoms with Crippen LogP contribution in [0.2, 0.25) is 0 Å². The molecule has 30 heavy (non-hydrogen) atoms. The first-order valence-corrected chi connectivity index (χ1v) is 8.61. The fourth-order valence-corrected chi connectivity index (χ4v) is 2.99. The highest BCUT2D eigenvalue weighted by molar-refractivity contribution is 5.88. The van der Waals surface area contributed by atoms with E-state index in [1.54, 1.807) is 12.3 Å². The number of rotatable bonds is 5. The summed E-state index contributed by atoms with van der Waals surface area (Å²) in [6, 6.07) is 8.66. The summed E-state index contributed by atoms with van der Waals surface area (Å²) in [6.07, 6.45) is 1.43. The summed E-state index contributed by atoms with van der Waals surface area (Å²) in [6.45, 7) is 0. The third-order valence-electron chi connectivity index (χ3n) is 4.36. The van der Waals surface area contributed by atoms with E-state index in [9.17, 15) is 23.8 Å². The van der Waals surface area contributed by atoms with Crippen LogP contribution in [0.3, 0.4) is 0 Å². The number of benzene rings is 2. The van der Waals surface area contributed by atoms with Gasteiger partial charge >= 0.3 is 5.97 Å². The molecule has 8 nitrogen and oxygen atoms in total. The Morgan fingerprint density at radius 1 is 1.20 bits per heavy atom. The lowest BCUT2D eigenvalue weighted by molar-refractivity contribution is -0.0190. The zero-order valence-electron chi connectivity index (χ0n) is 15.2. The Balaban J connectivity index is 1.77. The van der Waals surface area contributed by atoms with Crippen molar-refractivity contribution < 1.29 is 28.5 Å². The number of nitrogens with two attached hydrogens (primary N) is 1. The highest BCUT2D eigenvalue weighted by Crippen LogP contribution is 2.32. The van der Waals surface area contributed by atoms with Gasteiger partial charge in [0.2, 0.25) is 6.29 Å². The lowest BCUT2D eigenvalue weighted by atomic mass is 10.1. The second-order valence-electron chi connectivity index (χ2n) is 6.33. The fraction of sp³-hybridized carbons (Fsp3) is 0.0500. The molecule has 4 aromatic rings. The molecule has 0 fully saturated rings. The van der Waals surface area contributed by atoms with E-state index < -0.39 is 23.9 Å². The molecule has 0 bridgehead atoms. The number of nitrogens with zero attached hydrogens (tertiary/aromatic N) is 3. The van der Waals surface area contributed by atoms with Gasteiger partial charge in [0.05, 0.1) is 11.3 Å². The number of carboxylic acid groups (broad SMARTS) is 1. The Morgan fingerprint density at radius 3 is 2.70 bits per heavy atom. The van der Waals surface area contributed by atoms with Gasteiger partial charge in [-0.1, -0.05) is 0 Å². The van der Waals surface area contributed by atoms with Crippen LogP contribution in [0.25, 0.3) is 16.6 Å². The number of pyridine rings is 1. The van der Waals surface area contributed by atoms with E-state index in [-0.39, 0.29) is 33.6 Å². The first kappa shape index (κ1) is 19.3. The van der Waals surface area contributed by atoms with Crippen LogP contribution in [-0.2, 0) is 0 Å². The number of hydrogen-bond acceptors (Lipinski definition) is 6. The number of aromatic nitrogens is 3. The Hall–Kier alpha value is -4.05. The molecule has 2 aromatic carbocycles. The number of anilines is 1. The lowest BCUT2D eigenvalue weighted by Gasteiger charge is -2.19. The molecule has 4 rings (SSSR count). The maximum Gasteiger partial charge on any atom is 0.335 e. The molecule has 0 aliphatic carbocycles. The van der Waals surface area contributed by atoms with Crippen LogP contribution in [0, 0.1) is 11.6 Å². The second-order valence-corrected chi connectivity index (χ2v) is 6.33. The number of fused-ring (bicyclic) bond motifs is 1. The van der Waals surface area contributed by atoms with Crippen LogP contribution >= 0.6 is 0 Å². The minimum Gasteiger partial charge on any atom is -0.478 e. The predicted molar refractivity (Wildman–Crippen MR) is 102 cm³/mol. The van der Waals surface area contributed by atoms with Gasteiger partial charge in [-0.25, -0.2) is 23.2 Å². The maximum atomic E-state index is 13.9. The molecule has 2 heterocycles. The summed E-state index contributed by atoms with van der Waals surface area (Å²) in [4.78, 5) is 15.2. The molecule has 0 aliphatic heterocycles. The predicted octanol–water partition coefficient (Wildman–Crippen LogP) is 3.05. The Labute approximate surface area is 167 Å². The summed E-state index contributed by atoms with van der Waals surface area (Å²) in [5.74, 6) is -3.27. The zero-order valence-corrected chi connectivity index (χ0v) is 15.2. The van der Waals surface area contributed by atoms with Gasteiger partial charge < -0.3 is 20.7 Å². The quantitative estimate of drug-likeness (QED) is 0.431. The van der Waals surface area contributed by atoms with Crippen LogP contribution in [0.5, 0.6) is 5.75 Å². The first-order valence-electron chi connectivity index (χ1n) is 8.61. The topological polar surface area (TPSA) is 123 Å². The van der Waals surface area contributed by atoms with E-state index in [0.717, 1.165) is 6.07 Å². The van der Waals surface area contributed by atoms with Crippen LogP contribution in [0.15, 0.2) is 54.9 Å². The number of halogens is 2. The van der Waals surface area contributed by atoms with Gasteiger partial charge in [-0.05, 0) is 36.4 Å². The van der Waals surface area contributed by atoms with Crippen molar-refractivity contribution in [2.45, 2.75) is 6.29 Å². The van der Waals surface area contributed by atoms with Crippen LogP contribution in [0.4, 0.5) is 14.6 Å². The molecular formula is C20H14F2N4O4. The zero-order chi connectivity index (χ0) is 21.4. The number of hydrogen-bond donors (Lipinski definition) is 3. The smallest absolute Gasteiger partial charge is 0.335 e. The number of aromatic carboxylic acids is 1. The molecule has 4 N–H and O–H groups in total. The van der Waals surface area contributed by atoms with E-state index in [1.165, 1.54) is 35.1 Å². The van der Waals surface area contributed by atoms with E-state index in [4.69, 9.17) is 10.5 Å². The largest absolute Gasteiger partial charge is 0.478 e. The van der Waals surface area contributed by atoms with Gasteiger partial charge in [0, 0.05) is 29.4 Å². The standard InChI is InChI=1S/C20H14F2N4O4/c21-12-6-11-8-16(18(23)25-17(11)14(22)9-12)30-20(29)13-7-10(19(27)28)2-3-15(13)26-5-1-4-24-26/h1-9,20,29H,(H2,23,25)(H,27,28). The van der Waals surface area contributed by atoms with Crippen molar-refractivity contribution in [3.63, 3.8) is 0 Å². The van der Waals surface area contributed by atoms with Gasteiger partial charge in [-0.15, -0.1) is 0 Å². The Bertz CT molecular complexity index is 1260. The van der Waals surface area contributed by atoms with Crippen LogP contribution < -0.4 is 10.5 Å². The van der Waals surface area contributed by atoms with Crippen molar-refractivity contribution in [1.29, 1.82) is 0 Å². The minimum absolute atomic E-state index is 0.0792. The number of aliphatic hydroxyl groups excluding tert-OH is 1. The van der Waals surface area contributed by atoms with Gasteiger partial charge in [-0.3, -0.25) is 0 Å². The highest BCUT2D eigenvalue weighted by atomic mass is 19.1. The summed E-state index contributed by atoms with van der Waals surface area (Å²) in [5.41, 5.74) is 6.02. The van der Waals surface area contributed by atoms with Crippen molar-refractivity contribution in [2.24, 2.45) is 0 Å². The van der Waals surface area contributed by atoms with E-state index in [1.807, 2.05) is 0 Å². The van der Waals surface area contributed by atoms with Crippen molar-refractivity contribution in [3.05, 3.63) is 77.6 Å². The highest BCUT2D eigenvalue weighted by Gasteiger charge is 2.20. The third-order valence-corrected chi connectivity index (χ3v) is 4.36. The van der Waals surface area contributed by atoms with E-state index >= 15 is 0 Å². The molecule has 2 aromatic heterocycles. The molecule has 10 heteroatoms. The number of aliphatic hydroxyl groups is 1. The number of nitrogen functional groups attached to an aromatic ring is 1. The maximum absolute atomic E-state index is 13.9. The first-order chi connectivity index (χ1) is 14.3. The van der Waals surface area contributed by atoms with Crippen molar-refractivity contribution >= 4 is 22.7 Å². The molecule has 0 radical (unpaired) electrons. The van der Waals surface area contributed by atoms with Crippen molar-refractivity contribution in [3.8, 4) is 11.4 Å². The molecule has 0 aliphatic rings. The average Bonchev–Trinajstić information content (AvgIpc) is 3.23. The number of ether oxygens (including phenoxy) is 1. The Kier molecular flexibility index (Phi) is 4.76. The fourth-order valence-electron chi connectivity index (χ4n) is 2.99. The summed E-state index contributed by atoms with van der Waals surface area (Å²) >= 11 is 0. The minimum atomic E-state index is -1.68. The normalized spacial score (nSPS) is 12.1. The summed E-state index contributed by atoms with van der Waals surface area (Å²) in [7, 11) is 0. The van der Waals surface area contributed by atoms with Gasteiger partial charge in [0.1, 0.15) is 11.3 Å². The van der Waals surface area contributed by atoms with E-state index in [2.05, 4.69) is 10.1 Å². The molecular weight excluding hydrogens is 398 g/mol. The van der Waals surface area contributed by atoms with Gasteiger partial charge in [0.25, 0.3) is 0 Å². The Morgan fingerprint density at radius 2 is 2.00 bits per heavy atom. The van der Waals surface area contributed by atoms with Crippen LogP contribution in [0.1, 0.15) is 22.2 Å². The van der Waals surface area contributed by atoms with Crippen molar-refractivity contribution in [1.82, 2.24) is 14.8 Å². The number of carboxylic acids is 1. The molecule has 1 unspecified atom stereocenters. The molecule has 152 valence electrons. The third kappa shape index (κ3) is 3.51. The second kappa shape index (κ2) is 7.41. The monoisotopic (exact) mass is 412 g/mol. The summed E-state index contributed by atoms with van der Waals surface area (Å²) in [5, 5.41) is 24.1.